The zero-order valence-corrected chi connectivity index (χ0v) is 11.6. The van der Waals surface area contributed by atoms with Gasteiger partial charge in [0.15, 0.2) is 5.79 Å². The molecule has 0 aromatic heterocycles. The Morgan fingerprint density at radius 1 is 1.00 bits per heavy atom. The molecule has 0 aromatic rings. The van der Waals surface area contributed by atoms with Gasteiger partial charge in [0.25, 0.3) is 0 Å². The maximum absolute atomic E-state index is 12.0. The van der Waals surface area contributed by atoms with Crippen LogP contribution in [0.2, 0.25) is 0 Å². The molecule has 17 heavy (non-hydrogen) atoms. The summed E-state index contributed by atoms with van der Waals surface area (Å²) in [6.45, 7) is 11.7. The van der Waals surface area contributed by atoms with Crippen molar-refractivity contribution < 1.29 is 14.3 Å². The second-order valence-corrected chi connectivity index (χ2v) is 6.98. The molecule has 0 N–H and O–H groups in total. The van der Waals surface area contributed by atoms with Crippen LogP contribution in [0.25, 0.3) is 0 Å². The molecule has 1 aliphatic heterocycles. The molecule has 1 saturated heterocycles. The van der Waals surface area contributed by atoms with E-state index in [2.05, 4.69) is 27.7 Å². The molecule has 0 bridgehead atoms. The van der Waals surface area contributed by atoms with Gasteiger partial charge in [-0.1, -0.05) is 27.7 Å². The zero-order valence-electron chi connectivity index (χ0n) is 11.6. The molecule has 98 valence electrons. The van der Waals surface area contributed by atoms with Gasteiger partial charge < -0.3 is 9.47 Å². The van der Waals surface area contributed by atoms with Crippen molar-refractivity contribution in [3.05, 3.63) is 0 Å². The van der Waals surface area contributed by atoms with Crippen molar-refractivity contribution in [3.8, 4) is 0 Å². The first-order valence-electron chi connectivity index (χ1n) is 6.47. The van der Waals surface area contributed by atoms with Gasteiger partial charge in [-0.2, -0.15) is 0 Å². The van der Waals surface area contributed by atoms with Crippen molar-refractivity contribution in [2.75, 3.05) is 13.2 Å². The fourth-order valence-corrected chi connectivity index (χ4v) is 4.51. The van der Waals surface area contributed by atoms with Gasteiger partial charge in [0.05, 0.1) is 13.2 Å². The van der Waals surface area contributed by atoms with E-state index < -0.39 is 5.79 Å². The molecular weight excluding hydrogens is 216 g/mol. The second kappa shape index (κ2) is 3.79. The minimum Gasteiger partial charge on any atom is -0.347 e. The topological polar surface area (TPSA) is 35.5 Å². The van der Waals surface area contributed by atoms with Crippen molar-refractivity contribution in [2.24, 2.45) is 16.7 Å². The van der Waals surface area contributed by atoms with Gasteiger partial charge in [0.1, 0.15) is 5.78 Å². The average molecular weight is 240 g/mol. The normalized spacial score (nSPS) is 30.6. The lowest BCUT2D eigenvalue weighted by Gasteiger charge is -2.53. The Bertz CT molecular complexity index is 304. The van der Waals surface area contributed by atoms with E-state index in [1.165, 1.54) is 0 Å². The van der Waals surface area contributed by atoms with Crippen molar-refractivity contribution >= 4 is 5.78 Å². The molecule has 0 atom stereocenters. The van der Waals surface area contributed by atoms with Crippen molar-refractivity contribution in [2.45, 2.75) is 53.2 Å². The highest BCUT2D eigenvalue weighted by Crippen LogP contribution is 2.56. The van der Waals surface area contributed by atoms with E-state index in [1.54, 1.807) is 6.92 Å². The Morgan fingerprint density at radius 2 is 1.41 bits per heavy atom. The van der Waals surface area contributed by atoms with Crippen LogP contribution in [0.1, 0.15) is 47.5 Å². The van der Waals surface area contributed by atoms with Crippen molar-refractivity contribution in [1.29, 1.82) is 0 Å². The van der Waals surface area contributed by atoms with Crippen molar-refractivity contribution in [1.82, 2.24) is 0 Å². The predicted molar refractivity (Wildman–Crippen MR) is 65.6 cm³/mol. The minimum absolute atomic E-state index is 0.0715. The molecule has 2 rings (SSSR count). The van der Waals surface area contributed by atoms with E-state index in [-0.39, 0.29) is 22.5 Å². The SMILES string of the molecule is CC(=O)C1C(C)(C)CC2(CC1(C)C)OCCO2. The third-order valence-corrected chi connectivity index (χ3v) is 4.23. The molecule has 1 saturated carbocycles. The molecule has 0 amide bonds. The van der Waals surface area contributed by atoms with E-state index in [0.29, 0.717) is 13.2 Å². The molecule has 2 fully saturated rings. The highest BCUT2D eigenvalue weighted by molar-refractivity contribution is 5.80. The van der Waals surface area contributed by atoms with Crippen LogP contribution < -0.4 is 0 Å². The van der Waals surface area contributed by atoms with Crippen LogP contribution in [0, 0.1) is 16.7 Å². The molecule has 0 aromatic carbocycles. The van der Waals surface area contributed by atoms with Crippen LogP contribution in [0.5, 0.6) is 0 Å². The van der Waals surface area contributed by atoms with Crippen molar-refractivity contribution in [3.63, 3.8) is 0 Å². The third kappa shape index (κ3) is 2.15. The number of ether oxygens (including phenoxy) is 2. The van der Waals surface area contributed by atoms with Gasteiger partial charge in [-0.25, -0.2) is 0 Å². The van der Waals surface area contributed by atoms with Gasteiger partial charge in [-0.15, -0.1) is 0 Å². The lowest BCUT2D eigenvalue weighted by Crippen LogP contribution is -2.54. The number of hydrogen-bond acceptors (Lipinski definition) is 3. The zero-order chi connectivity index (χ0) is 12.9. The average Bonchev–Trinajstić information content (AvgIpc) is 2.45. The minimum atomic E-state index is -0.445. The largest absolute Gasteiger partial charge is 0.347 e. The summed E-state index contributed by atoms with van der Waals surface area (Å²) in [6, 6.07) is 0. The Hall–Kier alpha value is -0.410. The maximum Gasteiger partial charge on any atom is 0.169 e. The van der Waals surface area contributed by atoms with E-state index in [0.717, 1.165) is 12.8 Å². The molecule has 0 radical (unpaired) electrons. The number of carbonyl (C=O) groups is 1. The predicted octanol–water partition coefficient (Wildman–Crippen LogP) is 2.78. The quantitative estimate of drug-likeness (QED) is 0.707. The highest BCUT2D eigenvalue weighted by atomic mass is 16.7. The Morgan fingerprint density at radius 3 is 1.76 bits per heavy atom. The van der Waals surface area contributed by atoms with E-state index in [4.69, 9.17) is 9.47 Å². The second-order valence-electron chi connectivity index (χ2n) is 6.98. The van der Waals surface area contributed by atoms with Crippen LogP contribution in [0.4, 0.5) is 0 Å². The summed E-state index contributed by atoms with van der Waals surface area (Å²) in [7, 11) is 0. The van der Waals surface area contributed by atoms with Gasteiger partial charge in [0, 0.05) is 18.8 Å². The van der Waals surface area contributed by atoms with Crippen LogP contribution >= 0.6 is 0 Å². The summed E-state index contributed by atoms with van der Waals surface area (Å²) in [4.78, 5) is 12.0. The first-order valence-corrected chi connectivity index (χ1v) is 6.47. The number of carbonyl (C=O) groups excluding carboxylic acids is 1. The molecule has 3 heteroatoms. The van der Waals surface area contributed by atoms with Gasteiger partial charge >= 0.3 is 0 Å². The summed E-state index contributed by atoms with van der Waals surface area (Å²) in [5.74, 6) is -0.0832. The molecule has 2 aliphatic rings. The fraction of sp³-hybridized carbons (Fsp3) is 0.929. The number of Topliss-reactive ketones (excluding diaryl/α,β-unsaturated/α-hetero) is 1. The smallest absolute Gasteiger partial charge is 0.169 e. The molecule has 3 nitrogen and oxygen atoms in total. The number of hydrogen-bond donors (Lipinski definition) is 0. The van der Waals surface area contributed by atoms with Crippen LogP contribution in [0.15, 0.2) is 0 Å². The van der Waals surface area contributed by atoms with Gasteiger partial charge in [0.2, 0.25) is 0 Å². The lowest BCUT2D eigenvalue weighted by molar-refractivity contribution is -0.236. The standard InChI is InChI=1S/C14H24O3/c1-10(15)11-12(2,3)8-14(9-13(11,4)5)16-6-7-17-14/h11H,6-9H2,1-5H3. The lowest BCUT2D eigenvalue weighted by atomic mass is 9.54. The summed E-state index contributed by atoms with van der Waals surface area (Å²) >= 11 is 0. The summed E-state index contributed by atoms with van der Waals surface area (Å²) in [5.41, 5.74) is -0.143. The van der Waals surface area contributed by atoms with Gasteiger partial charge in [-0.05, 0) is 17.8 Å². The molecule has 0 unspecified atom stereocenters. The molecular formula is C14H24O3. The summed E-state index contributed by atoms with van der Waals surface area (Å²) in [5, 5.41) is 0. The first kappa shape index (κ1) is 13.0. The van der Waals surface area contributed by atoms with Crippen LogP contribution in [-0.4, -0.2) is 24.8 Å². The van der Waals surface area contributed by atoms with Crippen LogP contribution in [0.3, 0.4) is 0 Å². The van der Waals surface area contributed by atoms with Crippen LogP contribution in [-0.2, 0) is 14.3 Å². The summed E-state index contributed by atoms with van der Waals surface area (Å²) in [6.07, 6.45) is 1.63. The number of ketones is 1. The van der Waals surface area contributed by atoms with E-state index in [1.807, 2.05) is 0 Å². The fourth-order valence-electron chi connectivity index (χ4n) is 4.51. The number of rotatable bonds is 1. The maximum atomic E-state index is 12.0. The molecule has 1 spiro atoms. The first-order chi connectivity index (χ1) is 7.69. The van der Waals surface area contributed by atoms with Gasteiger partial charge in [-0.3, -0.25) is 4.79 Å². The molecule has 1 heterocycles. The Balaban J connectivity index is 2.34. The van der Waals surface area contributed by atoms with E-state index in [9.17, 15) is 4.79 Å². The Labute approximate surface area is 104 Å². The highest BCUT2D eigenvalue weighted by Gasteiger charge is 2.57. The Kier molecular flexibility index (Phi) is 2.91. The third-order valence-electron chi connectivity index (χ3n) is 4.23. The summed E-state index contributed by atoms with van der Waals surface area (Å²) < 4.78 is 11.7. The molecule has 1 aliphatic carbocycles. The van der Waals surface area contributed by atoms with E-state index >= 15 is 0 Å². The monoisotopic (exact) mass is 240 g/mol.